The Morgan fingerprint density at radius 1 is 1.06 bits per heavy atom. The highest BCUT2D eigenvalue weighted by atomic mass is 35.5. The molecule has 0 atom stereocenters. The first-order valence-corrected chi connectivity index (χ1v) is 6.73. The summed E-state index contributed by atoms with van der Waals surface area (Å²) in [6.45, 7) is 8.55. The van der Waals surface area contributed by atoms with Gasteiger partial charge in [-0.05, 0) is 37.1 Å². The molecule has 1 aromatic carbocycles. The summed E-state index contributed by atoms with van der Waals surface area (Å²) in [7, 11) is 0. The van der Waals surface area contributed by atoms with Crippen molar-refractivity contribution in [2.45, 2.75) is 20.3 Å². The molecule has 1 rings (SSSR count). The Morgan fingerprint density at radius 3 is 2.47 bits per heavy atom. The first-order valence-electron chi connectivity index (χ1n) is 6.35. The molecule has 0 bridgehead atoms. The fourth-order valence-corrected chi connectivity index (χ4v) is 1.85. The number of nitrogens with one attached hydrogen (secondary N) is 2. The Balaban J connectivity index is 2.03. The van der Waals surface area contributed by atoms with Crippen molar-refractivity contribution in [2.24, 2.45) is 5.92 Å². The minimum absolute atomic E-state index is 0.720. The second kappa shape index (κ2) is 8.51. The molecule has 0 saturated heterocycles. The van der Waals surface area contributed by atoms with Crippen molar-refractivity contribution in [1.29, 1.82) is 0 Å². The maximum Gasteiger partial charge on any atom is 0.0438 e. The van der Waals surface area contributed by atoms with Gasteiger partial charge in [-0.3, -0.25) is 0 Å². The Morgan fingerprint density at radius 2 is 1.76 bits per heavy atom. The molecule has 0 unspecified atom stereocenters. The average Bonchev–Trinajstić information content (AvgIpc) is 2.30. The number of hydrogen-bond acceptors (Lipinski definition) is 2. The predicted molar refractivity (Wildman–Crippen MR) is 75.7 cm³/mol. The summed E-state index contributed by atoms with van der Waals surface area (Å²) in [6, 6.07) is 8.03. The Kier molecular flexibility index (Phi) is 7.25. The van der Waals surface area contributed by atoms with Gasteiger partial charge in [-0.25, -0.2) is 0 Å². The van der Waals surface area contributed by atoms with Gasteiger partial charge in [0, 0.05) is 18.1 Å². The largest absolute Gasteiger partial charge is 0.315 e. The van der Waals surface area contributed by atoms with E-state index in [2.05, 4.69) is 30.5 Å². The molecule has 0 aromatic heterocycles. The van der Waals surface area contributed by atoms with Gasteiger partial charge in [0.15, 0.2) is 0 Å². The zero-order chi connectivity index (χ0) is 12.5. The summed E-state index contributed by atoms with van der Waals surface area (Å²) in [4.78, 5) is 0. The fourth-order valence-electron chi connectivity index (χ4n) is 1.62. The van der Waals surface area contributed by atoms with E-state index in [-0.39, 0.29) is 0 Å². The third-order valence-electron chi connectivity index (χ3n) is 2.56. The van der Waals surface area contributed by atoms with E-state index in [0.29, 0.717) is 0 Å². The van der Waals surface area contributed by atoms with Gasteiger partial charge in [0.2, 0.25) is 0 Å². The summed E-state index contributed by atoms with van der Waals surface area (Å²) >= 11 is 6.08. The van der Waals surface area contributed by atoms with Crippen LogP contribution in [0, 0.1) is 5.92 Å². The minimum atomic E-state index is 0.720. The molecule has 0 amide bonds. The Bertz CT molecular complexity index is 313. The number of benzene rings is 1. The zero-order valence-electron chi connectivity index (χ0n) is 10.8. The van der Waals surface area contributed by atoms with Crippen LogP contribution in [-0.2, 0) is 6.42 Å². The maximum absolute atomic E-state index is 6.08. The van der Waals surface area contributed by atoms with Gasteiger partial charge < -0.3 is 10.6 Å². The van der Waals surface area contributed by atoms with Gasteiger partial charge in [0.1, 0.15) is 0 Å². The Hall–Kier alpha value is -0.570. The highest BCUT2D eigenvalue weighted by Gasteiger charge is 1.98. The summed E-state index contributed by atoms with van der Waals surface area (Å²) in [5.41, 5.74) is 1.22. The Labute approximate surface area is 110 Å². The molecule has 0 saturated carbocycles. The van der Waals surface area contributed by atoms with Gasteiger partial charge in [0.05, 0.1) is 0 Å². The summed E-state index contributed by atoms with van der Waals surface area (Å²) in [6.07, 6.45) is 0.990. The third-order valence-corrected chi connectivity index (χ3v) is 2.93. The monoisotopic (exact) mass is 254 g/mol. The first-order chi connectivity index (χ1) is 8.20. The van der Waals surface area contributed by atoms with E-state index in [1.807, 2.05) is 18.2 Å². The fraction of sp³-hybridized carbons (Fsp3) is 0.571. The molecule has 0 heterocycles. The molecule has 0 fully saturated rings. The van der Waals surface area contributed by atoms with Crippen molar-refractivity contribution in [1.82, 2.24) is 10.6 Å². The van der Waals surface area contributed by atoms with Gasteiger partial charge in [-0.1, -0.05) is 43.6 Å². The van der Waals surface area contributed by atoms with Crippen LogP contribution in [0.2, 0.25) is 5.02 Å². The normalized spacial score (nSPS) is 11.1. The summed E-state index contributed by atoms with van der Waals surface area (Å²) in [5.74, 6) is 0.720. The number of halogens is 1. The minimum Gasteiger partial charge on any atom is -0.315 e. The molecule has 0 spiro atoms. The lowest BCUT2D eigenvalue weighted by Crippen LogP contribution is -2.30. The standard InChI is InChI=1S/C14H23ClN2/c1-12(2)11-17-10-9-16-8-7-13-5-3-4-6-14(13)15/h3-6,12,16-17H,7-11H2,1-2H3. The van der Waals surface area contributed by atoms with Gasteiger partial charge in [-0.2, -0.15) is 0 Å². The topological polar surface area (TPSA) is 24.1 Å². The number of hydrogen-bond donors (Lipinski definition) is 2. The molecule has 96 valence electrons. The third kappa shape index (κ3) is 6.67. The van der Waals surface area contributed by atoms with Crippen LogP contribution in [0.4, 0.5) is 0 Å². The number of rotatable bonds is 8. The highest BCUT2D eigenvalue weighted by Crippen LogP contribution is 2.14. The summed E-state index contributed by atoms with van der Waals surface area (Å²) in [5, 5.41) is 7.69. The molecule has 0 aliphatic carbocycles. The van der Waals surface area contributed by atoms with E-state index in [1.54, 1.807) is 0 Å². The molecular formula is C14H23ClN2. The second-order valence-electron chi connectivity index (χ2n) is 4.69. The molecule has 0 radical (unpaired) electrons. The zero-order valence-corrected chi connectivity index (χ0v) is 11.6. The van der Waals surface area contributed by atoms with Crippen molar-refractivity contribution >= 4 is 11.6 Å². The van der Waals surface area contributed by atoms with E-state index in [4.69, 9.17) is 11.6 Å². The van der Waals surface area contributed by atoms with Crippen LogP contribution < -0.4 is 10.6 Å². The van der Waals surface area contributed by atoms with Crippen molar-refractivity contribution in [3.05, 3.63) is 34.9 Å². The van der Waals surface area contributed by atoms with Crippen molar-refractivity contribution in [3.63, 3.8) is 0 Å². The van der Waals surface area contributed by atoms with Gasteiger partial charge in [0.25, 0.3) is 0 Å². The maximum atomic E-state index is 6.08. The molecular weight excluding hydrogens is 232 g/mol. The lowest BCUT2D eigenvalue weighted by atomic mass is 10.1. The molecule has 2 N–H and O–H groups in total. The highest BCUT2D eigenvalue weighted by molar-refractivity contribution is 6.31. The van der Waals surface area contributed by atoms with Gasteiger partial charge in [-0.15, -0.1) is 0 Å². The van der Waals surface area contributed by atoms with Crippen LogP contribution in [0.25, 0.3) is 0 Å². The smallest absolute Gasteiger partial charge is 0.0438 e. The van der Waals surface area contributed by atoms with E-state index >= 15 is 0 Å². The van der Waals surface area contributed by atoms with Crippen LogP contribution in [0.15, 0.2) is 24.3 Å². The van der Waals surface area contributed by atoms with Crippen molar-refractivity contribution in [3.8, 4) is 0 Å². The molecule has 1 aromatic rings. The second-order valence-corrected chi connectivity index (χ2v) is 5.10. The van der Waals surface area contributed by atoms with E-state index in [1.165, 1.54) is 5.56 Å². The van der Waals surface area contributed by atoms with Crippen LogP contribution in [0.3, 0.4) is 0 Å². The lowest BCUT2D eigenvalue weighted by molar-refractivity contribution is 0.536. The quantitative estimate of drug-likeness (QED) is 0.697. The average molecular weight is 255 g/mol. The van der Waals surface area contributed by atoms with Crippen molar-refractivity contribution in [2.75, 3.05) is 26.2 Å². The SMILES string of the molecule is CC(C)CNCCNCCc1ccccc1Cl. The summed E-state index contributed by atoms with van der Waals surface area (Å²) < 4.78 is 0. The molecule has 3 heteroatoms. The van der Waals surface area contributed by atoms with Crippen LogP contribution in [0.5, 0.6) is 0 Å². The molecule has 0 aliphatic rings. The lowest BCUT2D eigenvalue weighted by Gasteiger charge is -2.09. The van der Waals surface area contributed by atoms with E-state index < -0.39 is 0 Å². The van der Waals surface area contributed by atoms with Crippen molar-refractivity contribution < 1.29 is 0 Å². The van der Waals surface area contributed by atoms with Gasteiger partial charge >= 0.3 is 0 Å². The molecule has 17 heavy (non-hydrogen) atoms. The molecule has 0 aliphatic heterocycles. The van der Waals surface area contributed by atoms with Crippen LogP contribution in [-0.4, -0.2) is 26.2 Å². The predicted octanol–water partition coefficient (Wildman–Crippen LogP) is 2.72. The molecule has 2 nitrogen and oxygen atoms in total. The van der Waals surface area contributed by atoms with Crippen LogP contribution in [0.1, 0.15) is 19.4 Å². The van der Waals surface area contributed by atoms with E-state index in [0.717, 1.165) is 43.5 Å². The van der Waals surface area contributed by atoms with Crippen LogP contribution >= 0.6 is 11.6 Å². The van der Waals surface area contributed by atoms with E-state index in [9.17, 15) is 0 Å². The first kappa shape index (κ1) is 14.5.